The van der Waals surface area contributed by atoms with E-state index >= 15 is 0 Å². The number of fused-ring (bicyclic) bond motifs is 1. The largest absolute Gasteiger partial charge is 0.489 e. The van der Waals surface area contributed by atoms with Crippen LogP contribution in [0.25, 0.3) is 10.9 Å². The first kappa shape index (κ1) is 16.8. The summed E-state index contributed by atoms with van der Waals surface area (Å²) >= 11 is 0. The van der Waals surface area contributed by atoms with E-state index in [0.29, 0.717) is 22.5 Å². The lowest BCUT2D eigenvalue weighted by Gasteiger charge is -2.08. The van der Waals surface area contributed by atoms with Crippen molar-refractivity contribution in [1.29, 1.82) is 0 Å². The van der Waals surface area contributed by atoms with E-state index in [-0.39, 0.29) is 17.9 Å². The van der Waals surface area contributed by atoms with Gasteiger partial charge in [-0.05, 0) is 36.4 Å². The van der Waals surface area contributed by atoms with Gasteiger partial charge >= 0.3 is 0 Å². The number of hydrogen-bond donors (Lipinski definition) is 2. The SMILES string of the molecule is O=C(Nc1n[nH]c2cc(OCc3c(F)cccc3F)ccc12)c1ccco1. The highest BCUT2D eigenvalue weighted by Crippen LogP contribution is 2.26. The summed E-state index contributed by atoms with van der Waals surface area (Å²) in [5, 5.41) is 10.1. The van der Waals surface area contributed by atoms with Gasteiger partial charge in [0.2, 0.25) is 0 Å². The maximum atomic E-state index is 13.7. The van der Waals surface area contributed by atoms with Gasteiger partial charge in [0, 0.05) is 11.5 Å². The zero-order valence-electron chi connectivity index (χ0n) is 13.8. The zero-order chi connectivity index (χ0) is 18.8. The fraction of sp³-hybridized carbons (Fsp3) is 0.0526. The maximum Gasteiger partial charge on any atom is 0.292 e. The molecule has 0 unspecified atom stereocenters. The number of rotatable bonds is 5. The number of nitrogens with one attached hydrogen (secondary N) is 2. The summed E-state index contributed by atoms with van der Waals surface area (Å²) in [7, 11) is 0. The van der Waals surface area contributed by atoms with Gasteiger partial charge in [-0.2, -0.15) is 5.10 Å². The van der Waals surface area contributed by atoms with Crippen molar-refractivity contribution in [3.63, 3.8) is 0 Å². The number of halogens is 2. The number of ether oxygens (including phenoxy) is 1. The van der Waals surface area contributed by atoms with E-state index in [1.165, 1.54) is 30.5 Å². The van der Waals surface area contributed by atoms with Crippen LogP contribution in [0.3, 0.4) is 0 Å². The molecule has 6 nitrogen and oxygen atoms in total. The molecule has 0 aliphatic heterocycles. The van der Waals surface area contributed by atoms with E-state index in [0.717, 1.165) is 0 Å². The molecule has 0 saturated heterocycles. The lowest BCUT2D eigenvalue weighted by Crippen LogP contribution is -2.11. The van der Waals surface area contributed by atoms with Gasteiger partial charge in [-0.1, -0.05) is 6.07 Å². The van der Waals surface area contributed by atoms with Crippen LogP contribution in [0.4, 0.5) is 14.6 Å². The molecule has 2 aromatic carbocycles. The smallest absolute Gasteiger partial charge is 0.292 e. The fourth-order valence-corrected chi connectivity index (χ4v) is 2.59. The summed E-state index contributed by atoms with van der Waals surface area (Å²) in [5.41, 5.74) is 0.449. The highest BCUT2D eigenvalue weighted by Gasteiger charge is 2.14. The molecule has 0 radical (unpaired) electrons. The van der Waals surface area contributed by atoms with E-state index in [4.69, 9.17) is 9.15 Å². The number of furan rings is 1. The molecule has 2 aromatic heterocycles. The lowest BCUT2D eigenvalue weighted by atomic mass is 10.2. The van der Waals surface area contributed by atoms with E-state index < -0.39 is 17.5 Å². The molecular weight excluding hydrogens is 356 g/mol. The second kappa shape index (κ2) is 6.91. The molecule has 4 rings (SSSR count). The Hall–Kier alpha value is -3.68. The first-order chi connectivity index (χ1) is 13.1. The Bertz CT molecular complexity index is 1090. The van der Waals surface area contributed by atoms with Crippen LogP contribution in [0.5, 0.6) is 5.75 Å². The topological polar surface area (TPSA) is 80.2 Å². The average Bonchev–Trinajstić information content (AvgIpc) is 3.31. The molecule has 2 N–H and O–H groups in total. The van der Waals surface area contributed by atoms with Crippen molar-refractivity contribution in [2.75, 3.05) is 5.32 Å². The Balaban J connectivity index is 1.51. The summed E-state index contributed by atoms with van der Waals surface area (Å²) in [5.74, 6) is -0.862. The van der Waals surface area contributed by atoms with Crippen molar-refractivity contribution >= 4 is 22.6 Å². The van der Waals surface area contributed by atoms with Crippen molar-refractivity contribution < 1.29 is 22.7 Å². The molecular formula is C19H13F2N3O3. The predicted octanol–water partition coefficient (Wildman–Crippen LogP) is 4.27. The number of anilines is 1. The van der Waals surface area contributed by atoms with Crippen LogP contribution in [-0.4, -0.2) is 16.1 Å². The minimum absolute atomic E-state index is 0.145. The number of H-pyrrole nitrogens is 1. The third kappa shape index (κ3) is 3.37. The molecule has 0 aliphatic carbocycles. The van der Waals surface area contributed by atoms with E-state index in [2.05, 4.69) is 15.5 Å². The van der Waals surface area contributed by atoms with Crippen LogP contribution in [0, 0.1) is 11.6 Å². The molecule has 0 fully saturated rings. The number of nitrogens with zero attached hydrogens (tertiary/aromatic N) is 1. The van der Waals surface area contributed by atoms with Crippen molar-refractivity contribution in [3.05, 3.63) is 77.8 Å². The summed E-state index contributed by atoms with van der Waals surface area (Å²) in [6.07, 6.45) is 1.40. The van der Waals surface area contributed by atoms with Crippen LogP contribution >= 0.6 is 0 Å². The standard InChI is InChI=1S/C19H13F2N3O3/c20-14-3-1-4-15(21)13(14)10-27-11-6-7-12-16(9-11)23-24-18(12)22-19(25)17-5-2-8-26-17/h1-9H,10H2,(H2,22,23,24,25). The number of carbonyl (C=O) groups is 1. The van der Waals surface area contributed by atoms with E-state index in [9.17, 15) is 13.6 Å². The van der Waals surface area contributed by atoms with Gasteiger partial charge in [0.1, 0.15) is 24.0 Å². The molecule has 8 heteroatoms. The third-order valence-electron chi connectivity index (χ3n) is 3.96. The molecule has 0 aliphatic rings. The van der Waals surface area contributed by atoms with Crippen LogP contribution in [0.15, 0.2) is 59.2 Å². The first-order valence-electron chi connectivity index (χ1n) is 8.00. The average molecular weight is 369 g/mol. The summed E-state index contributed by atoms with van der Waals surface area (Å²) < 4.78 is 37.8. The summed E-state index contributed by atoms with van der Waals surface area (Å²) in [4.78, 5) is 12.1. The van der Waals surface area contributed by atoms with Crippen molar-refractivity contribution in [3.8, 4) is 5.75 Å². The molecule has 27 heavy (non-hydrogen) atoms. The predicted molar refractivity (Wildman–Crippen MR) is 93.4 cm³/mol. The van der Waals surface area contributed by atoms with Gasteiger partial charge in [0.25, 0.3) is 5.91 Å². The number of hydrogen-bond acceptors (Lipinski definition) is 4. The Labute approximate surface area is 151 Å². The molecule has 0 bridgehead atoms. The van der Waals surface area contributed by atoms with Gasteiger partial charge in [-0.25, -0.2) is 8.78 Å². The monoisotopic (exact) mass is 369 g/mol. The van der Waals surface area contributed by atoms with Gasteiger partial charge in [-0.15, -0.1) is 0 Å². The van der Waals surface area contributed by atoms with Crippen molar-refractivity contribution in [1.82, 2.24) is 10.2 Å². The fourth-order valence-electron chi connectivity index (χ4n) is 2.59. The Morgan fingerprint density at radius 1 is 1.15 bits per heavy atom. The van der Waals surface area contributed by atoms with Gasteiger partial charge in [0.15, 0.2) is 11.6 Å². The highest BCUT2D eigenvalue weighted by atomic mass is 19.1. The molecule has 136 valence electrons. The molecule has 4 aromatic rings. The second-order valence-corrected chi connectivity index (χ2v) is 5.70. The number of benzene rings is 2. The summed E-state index contributed by atoms with van der Waals surface area (Å²) in [6, 6.07) is 11.7. The second-order valence-electron chi connectivity index (χ2n) is 5.70. The molecule has 0 saturated carbocycles. The number of carbonyl (C=O) groups excluding carboxylic acids is 1. The number of aromatic amines is 1. The maximum absolute atomic E-state index is 13.7. The van der Waals surface area contributed by atoms with Crippen LogP contribution < -0.4 is 10.1 Å². The third-order valence-corrected chi connectivity index (χ3v) is 3.96. The van der Waals surface area contributed by atoms with Crippen LogP contribution in [-0.2, 0) is 6.61 Å². The minimum atomic E-state index is -0.666. The van der Waals surface area contributed by atoms with E-state index in [1.807, 2.05) is 0 Å². The molecule has 0 spiro atoms. The first-order valence-corrected chi connectivity index (χ1v) is 8.00. The van der Waals surface area contributed by atoms with Gasteiger partial charge < -0.3 is 14.5 Å². The van der Waals surface area contributed by atoms with Gasteiger partial charge in [-0.3, -0.25) is 9.89 Å². The zero-order valence-corrected chi connectivity index (χ0v) is 13.8. The minimum Gasteiger partial charge on any atom is -0.489 e. The number of amides is 1. The Morgan fingerprint density at radius 2 is 1.96 bits per heavy atom. The summed E-state index contributed by atoms with van der Waals surface area (Å²) in [6.45, 7) is -0.250. The number of aromatic nitrogens is 2. The van der Waals surface area contributed by atoms with Crippen LogP contribution in [0.1, 0.15) is 16.1 Å². The molecule has 0 atom stereocenters. The van der Waals surface area contributed by atoms with Crippen LogP contribution in [0.2, 0.25) is 0 Å². The van der Waals surface area contributed by atoms with Crippen molar-refractivity contribution in [2.24, 2.45) is 0 Å². The highest BCUT2D eigenvalue weighted by molar-refractivity contribution is 6.06. The normalized spacial score (nSPS) is 10.9. The molecule has 1 amide bonds. The molecule has 2 heterocycles. The Morgan fingerprint density at radius 3 is 2.70 bits per heavy atom. The quantitative estimate of drug-likeness (QED) is 0.551. The van der Waals surface area contributed by atoms with Gasteiger partial charge in [0.05, 0.1) is 17.3 Å². The van der Waals surface area contributed by atoms with E-state index in [1.54, 1.807) is 24.3 Å². The lowest BCUT2D eigenvalue weighted by molar-refractivity contribution is 0.0996. The Kier molecular flexibility index (Phi) is 4.29. The van der Waals surface area contributed by atoms with Crippen molar-refractivity contribution in [2.45, 2.75) is 6.61 Å².